The maximum atomic E-state index is 7.00. The third-order valence-corrected chi connectivity index (χ3v) is 0.910. The molecule has 0 aliphatic heterocycles. The predicted octanol–water partition coefficient (Wildman–Crippen LogP) is 1.32. The van der Waals surface area contributed by atoms with Crippen molar-refractivity contribution in [3.8, 4) is 0 Å². The van der Waals surface area contributed by atoms with Gasteiger partial charge in [0.15, 0.2) is 5.90 Å². The van der Waals surface area contributed by atoms with Gasteiger partial charge in [-0.15, -0.1) is 0 Å². The molecule has 1 atom stereocenters. The van der Waals surface area contributed by atoms with Gasteiger partial charge in [0.2, 0.25) is 0 Å². The SMILES string of the molecule is COC(=N)CC(C)S. The quantitative estimate of drug-likeness (QED) is 0.332. The van der Waals surface area contributed by atoms with Gasteiger partial charge in [0, 0.05) is 11.7 Å². The molecule has 0 saturated heterocycles. The molecule has 0 spiro atoms. The Bertz CT molecular complexity index is 82.5. The van der Waals surface area contributed by atoms with Crippen LogP contribution in [0.25, 0.3) is 0 Å². The van der Waals surface area contributed by atoms with Gasteiger partial charge in [-0.2, -0.15) is 12.6 Å². The van der Waals surface area contributed by atoms with Crippen molar-refractivity contribution in [1.82, 2.24) is 0 Å². The van der Waals surface area contributed by atoms with Crippen molar-refractivity contribution < 1.29 is 4.74 Å². The minimum absolute atomic E-state index is 0.224. The first-order chi connectivity index (χ1) is 3.66. The van der Waals surface area contributed by atoms with Gasteiger partial charge in [0.1, 0.15) is 0 Å². The fourth-order valence-corrected chi connectivity index (χ4v) is 0.517. The first-order valence-corrected chi connectivity index (χ1v) is 2.98. The molecule has 2 nitrogen and oxygen atoms in total. The van der Waals surface area contributed by atoms with Crippen LogP contribution in [-0.4, -0.2) is 18.3 Å². The number of methoxy groups -OCH3 is 1. The van der Waals surface area contributed by atoms with E-state index < -0.39 is 0 Å². The minimum Gasteiger partial charge on any atom is -0.484 e. The summed E-state index contributed by atoms with van der Waals surface area (Å²) in [4.78, 5) is 0. The lowest BCUT2D eigenvalue weighted by molar-refractivity contribution is 0.386. The van der Waals surface area contributed by atoms with Crippen molar-refractivity contribution in [2.75, 3.05) is 7.11 Å². The van der Waals surface area contributed by atoms with Crippen molar-refractivity contribution in [3.63, 3.8) is 0 Å². The summed E-state index contributed by atoms with van der Waals surface area (Å²) in [7, 11) is 1.50. The lowest BCUT2D eigenvalue weighted by atomic mass is 10.3. The van der Waals surface area contributed by atoms with E-state index in [1.54, 1.807) is 0 Å². The van der Waals surface area contributed by atoms with Crippen LogP contribution in [0.4, 0.5) is 0 Å². The molecule has 0 radical (unpaired) electrons. The predicted molar refractivity (Wildman–Crippen MR) is 37.8 cm³/mol. The Hall–Kier alpha value is -0.180. The molecule has 48 valence electrons. The second kappa shape index (κ2) is 3.78. The van der Waals surface area contributed by atoms with Crippen LogP contribution in [0.5, 0.6) is 0 Å². The molecule has 0 aromatic rings. The summed E-state index contributed by atoms with van der Waals surface area (Å²) in [6, 6.07) is 0. The molecule has 8 heavy (non-hydrogen) atoms. The number of rotatable bonds is 2. The fraction of sp³-hybridized carbons (Fsp3) is 0.800. The molecule has 0 amide bonds. The molecule has 1 N–H and O–H groups in total. The van der Waals surface area contributed by atoms with Crippen molar-refractivity contribution in [3.05, 3.63) is 0 Å². The lowest BCUT2D eigenvalue weighted by Crippen LogP contribution is -2.04. The average Bonchev–Trinajstić information content (AvgIpc) is 1.65. The normalized spacial score (nSPS) is 12.9. The Labute approximate surface area is 55.2 Å². The van der Waals surface area contributed by atoms with Crippen molar-refractivity contribution >= 4 is 18.5 Å². The summed E-state index contributed by atoms with van der Waals surface area (Å²) in [6.07, 6.45) is 0.611. The molecule has 0 bridgehead atoms. The average molecular weight is 133 g/mol. The topological polar surface area (TPSA) is 33.1 Å². The van der Waals surface area contributed by atoms with E-state index in [0.717, 1.165) is 0 Å². The molecule has 1 unspecified atom stereocenters. The summed E-state index contributed by atoms with van der Waals surface area (Å²) < 4.78 is 4.60. The lowest BCUT2D eigenvalue weighted by Gasteiger charge is -2.02. The number of hydrogen-bond acceptors (Lipinski definition) is 3. The number of nitrogens with one attached hydrogen (secondary N) is 1. The molecule has 3 heteroatoms. The third kappa shape index (κ3) is 3.99. The smallest absolute Gasteiger partial charge is 0.181 e. The van der Waals surface area contributed by atoms with Crippen LogP contribution in [0.3, 0.4) is 0 Å². The Morgan fingerprint density at radius 3 is 2.50 bits per heavy atom. The molecule has 0 aromatic heterocycles. The van der Waals surface area contributed by atoms with Crippen LogP contribution < -0.4 is 0 Å². The van der Waals surface area contributed by atoms with Gasteiger partial charge in [0.05, 0.1) is 7.11 Å². The summed E-state index contributed by atoms with van der Waals surface area (Å²) in [5.74, 6) is 0.299. The Morgan fingerprint density at radius 1 is 1.88 bits per heavy atom. The van der Waals surface area contributed by atoms with Crippen molar-refractivity contribution in [2.24, 2.45) is 0 Å². The van der Waals surface area contributed by atoms with Crippen molar-refractivity contribution in [1.29, 1.82) is 5.41 Å². The molecule has 0 aliphatic carbocycles. The van der Waals surface area contributed by atoms with Crippen LogP contribution in [0.1, 0.15) is 13.3 Å². The molecule has 0 aliphatic rings. The second-order valence-corrected chi connectivity index (χ2v) is 2.56. The van der Waals surface area contributed by atoms with Gasteiger partial charge in [-0.05, 0) is 0 Å². The van der Waals surface area contributed by atoms with Crippen LogP contribution in [0.15, 0.2) is 0 Å². The van der Waals surface area contributed by atoms with Gasteiger partial charge in [0.25, 0.3) is 0 Å². The number of ether oxygens (including phenoxy) is 1. The van der Waals surface area contributed by atoms with Crippen LogP contribution in [0, 0.1) is 5.41 Å². The molecule has 0 aromatic carbocycles. The minimum atomic E-state index is 0.224. The molecule has 0 saturated carbocycles. The van der Waals surface area contributed by atoms with Crippen LogP contribution >= 0.6 is 12.6 Å². The van der Waals surface area contributed by atoms with E-state index in [1.165, 1.54) is 7.11 Å². The first-order valence-electron chi connectivity index (χ1n) is 2.46. The van der Waals surface area contributed by atoms with E-state index in [-0.39, 0.29) is 5.25 Å². The molecule has 0 heterocycles. The fourth-order valence-electron chi connectivity index (χ4n) is 0.352. The highest BCUT2D eigenvalue weighted by molar-refractivity contribution is 7.80. The zero-order valence-electron chi connectivity index (χ0n) is 5.14. The van der Waals surface area contributed by atoms with Gasteiger partial charge in [-0.3, -0.25) is 5.41 Å². The zero-order chi connectivity index (χ0) is 6.57. The standard InChI is InChI=1S/C5H11NOS/c1-4(8)3-5(6)7-2/h4,6,8H,3H2,1-2H3. The van der Waals surface area contributed by atoms with E-state index in [1.807, 2.05) is 6.92 Å². The summed E-state index contributed by atoms with van der Waals surface area (Å²) in [5, 5.41) is 7.22. The molecular formula is C5H11NOS. The molecular weight excluding hydrogens is 122 g/mol. The van der Waals surface area contributed by atoms with Gasteiger partial charge in [-0.25, -0.2) is 0 Å². The molecule has 0 fully saturated rings. The summed E-state index contributed by atoms with van der Waals surface area (Å²) in [6.45, 7) is 1.93. The highest BCUT2D eigenvalue weighted by atomic mass is 32.1. The maximum Gasteiger partial charge on any atom is 0.181 e. The monoisotopic (exact) mass is 133 g/mol. The first kappa shape index (κ1) is 7.82. The van der Waals surface area contributed by atoms with Gasteiger partial charge in [-0.1, -0.05) is 6.92 Å². The largest absolute Gasteiger partial charge is 0.484 e. The van der Waals surface area contributed by atoms with Gasteiger partial charge >= 0.3 is 0 Å². The van der Waals surface area contributed by atoms with E-state index in [4.69, 9.17) is 5.41 Å². The van der Waals surface area contributed by atoms with Crippen LogP contribution in [0.2, 0.25) is 0 Å². The summed E-state index contributed by atoms with van der Waals surface area (Å²) in [5.41, 5.74) is 0. The van der Waals surface area contributed by atoms with Crippen molar-refractivity contribution in [2.45, 2.75) is 18.6 Å². The van der Waals surface area contributed by atoms with Gasteiger partial charge < -0.3 is 4.74 Å². The van der Waals surface area contributed by atoms with E-state index in [0.29, 0.717) is 12.3 Å². The van der Waals surface area contributed by atoms with E-state index >= 15 is 0 Å². The summed E-state index contributed by atoms with van der Waals surface area (Å²) >= 11 is 4.07. The number of thiol groups is 1. The second-order valence-electron chi connectivity index (χ2n) is 1.68. The Morgan fingerprint density at radius 2 is 2.38 bits per heavy atom. The highest BCUT2D eigenvalue weighted by Crippen LogP contribution is 1.99. The Kier molecular flexibility index (Phi) is 3.69. The highest BCUT2D eigenvalue weighted by Gasteiger charge is 1.98. The van der Waals surface area contributed by atoms with E-state index in [2.05, 4.69) is 17.4 Å². The third-order valence-electron chi connectivity index (χ3n) is 0.727. The molecule has 0 rings (SSSR count). The van der Waals surface area contributed by atoms with Crippen LogP contribution in [-0.2, 0) is 4.74 Å². The maximum absolute atomic E-state index is 7.00. The van der Waals surface area contributed by atoms with E-state index in [9.17, 15) is 0 Å². The zero-order valence-corrected chi connectivity index (χ0v) is 6.03. The number of hydrogen-bond donors (Lipinski definition) is 2. The Balaban J connectivity index is 3.25.